The highest BCUT2D eigenvalue weighted by atomic mass is 35.5. The van der Waals surface area contributed by atoms with Crippen LogP contribution in [0.15, 0.2) is 18.2 Å². The fourth-order valence-corrected chi connectivity index (χ4v) is 1.78. The molecule has 0 saturated heterocycles. The van der Waals surface area contributed by atoms with E-state index in [9.17, 15) is 9.50 Å². The minimum absolute atomic E-state index is 0.298. The third kappa shape index (κ3) is 4.50. The van der Waals surface area contributed by atoms with Crippen molar-refractivity contribution in [2.45, 2.75) is 39.2 Å². The molecule has 3 heteroatoms. The van der Waals surface area contributed by atoms with Gasteiger partial charge in [-0.15, -0.1) is 0 Å². The molecule has 1 atom stereocenters. The van der Waals surface area contributed by atoms with Gasteiger partial charge in [-0.3, -0.25) is 0 Å². The second-order valence-corrected chi connectivity index (χ2v) is 5.00. The lowest BCUT2D eigenvalue weighted by Crippen LogP contribution is -2.12. The molecule has 0 aromatic heterocycles. The zero-order valence-corrected chi connectivity index (χ0v) is 10.5. The molecular formula is C13H18ClFO. The highest BCUT2D eigenvalue weighted by Crippen LogP contribution is 2.18. The van der Waals surface area contributed by atoms with Gasteiger partial charge < -0.3 is 5.11 Å². The van der Waals surface area contributed by atoms with Crippen molar-refractivity contribution in [3.8, 4) is 0 Å². The lowest BCUT2D eigenvalue weighted by molar-refractivity contribution is 0.156. The van der Waals surface area contributed by atoms with E-state index in [-0.39, 0.29) is 5.82 Å². The van der Waals surface area contributed by atoms with Crippen molar-refractivity contribution in [2.75, 3.05) is 0 Å². The molecule has 90 valence electrons. The van der Waals surface area contributed by atoms with Crippen LogP contribution in [0.3, 0.4) is 0 Å². The largest absolute Gasteiger partial charge is 0.393 e. The van der Waals surface area contributed by atoms with Crippen LogP contribution in [-0.4, -0.2) is 11.2 Å². The van der Waals surface area contributed by atoms with Crippen LogP contribution in [0.4, 0.5) is 4.39 Å². The molecule has 0 bridgehead atoms. The summed E-state index contributed by atoms with van der Waals surface area (Å²) in [5.41, 5.74) is 0.490. The fourth-order valence-electron chi connectivity index (χ4n) is 1.58. The Bertz CT molecular complexity index is 339. The van der Waals surface area contributed by atoms with Crippen LogP contribution in [0.1, 0.15) is 32.3 Å². The van der Waals surface area contributed by atoms with E-state index in [1.165, 1.54) is 12.1 Å². The molecule has 0 fully saturated rings. The summed E-state index contributed by atoms with van der Waals surface area (Å²) < 4.78 is 13.4. The monoisotopic (exact) mass is 244 g/mol. The predicted octanol–water partition coefficient (Wildman–Crippen LogP) is 3.82. The molecule has 0 spiro atoms. The lowest BCUT2D eigenvalue weighted by Gasteiger charge is -2.12. The highest BCUT2D eigenvalue weighted by Gasteiger charge is 2.10. The molecule has 0 aliphatic heterocycles. The first-order chi connectivity index (χ1) is 7.49. The smallest absolute Gasteiger partial charge is 0.126 e. The maximum absolute atomic E-state index is 13.4. The van der Waals surface area contributed by atoms with E-state index < -0.39 is 6.10 Å². The topological polar surface area (TPSA) is 20.2 Å². The Labute approximate surface area is 101 Å². The Morgan fingerprint density at radius 1 is 1.31 bits per heavy atom. The summed E-state index contributed by atoms with van der Waals surface area (Å²) in [4.78, 5) is 0. The summed E-state index contributed by atoms with van der Waals surface area (Å²) in [5.74, 6) is 0.256. The van der Waals surface area contributed by atoms with Crippen molar-refractivity contribution in [3.05, 3.63) is 34.6 Å². The molecular weight excluding hydrogens is 227 g/mol. The minimum atomic E-state index is -0.490. The third-order valence-corrected chi connectivity index (χ3v) is 2.78. The molecule has 0 radical (unpaired) electrons. The van der Waals surface area contributed by atoms with Gasteiger partial charge in [-0.25, -0.2) is 4.39 Å². The number of benzene rings is 1. The van der Waals surface area contributed by atoms with Gasteiger partial charge in [0.1, 0.15) is 5.82 Å². The van der Waals surface area contributed by atoms with Crippen molar-refractivity contribution >= 4 is 11.6 Å². The van der Waals surface area contributed by atoms with E-state index in [4.69, 9.17) is 11.6 Å². The Morgan fingerprint density at radius 3 is 2.62 bits per heavy atom. The highest BCUT2D eigenvalue weighted by molar-refractivity contribution is 6.30. The van der Waals surface area contributed by atoms with Crippen LogP contribution < -0.4 is 0 Å². The Kier molecular flexibility index (Phi) is 5.23. The molecule has 1 unspecified atom stereocenters. The Morgan fingerprint density at radius 2 is 2.00 bits per heavy atom. The van der Waals surface area contributed by atoms with Gasteiger partial charge in [0.05, 0.1) is 6.10 Å². The molecule has 1 rings (SSSR count). The minimum Gasteiger partial charge on any atom is -0.393 e. The first-order valence-corrected chi connectivity index (χ1v) is 5.99. The van der Waals surface area contributed by atoms with Gasteiger partial charge >= 0.3 is 0 Å². The molecule has 0 amide bonds. The number of aliphatic hydroxyl groups excluding tert-OH is 1. The van der Waals surface area contributed by atoms with Crippen molar-refractivity contribution < 1.29 is 9.50 Å². The molecule has 0 saturated carbocycles. The molecule has 1 nitrogen and oxygen atoms in total. The standard InChI is InChI=1S/C13H18ClFO/c1-9(2)3-5-12(16)8-10-7-11(14)4-6-13(10)15/h4,6-7,9,12,16H,3,5,8H2,1-2H3. The lowest BCUT2D eigenvalue weighted by atomic mass is 10.00. The van der Waals surface area contributed by atoms with Gasteiger partial charge in [-0.2, -0.15) is 0 Å². The van der Waals surface area contributed by atoms with Crippen LogP contribution in [0, 0.1) is 11.7 Å². The summed E-state index contributed by atoms with van der Waals surface area (Å²) in [7, 11) is 0. The van der Waals surface area contributed by atoms with E-state index in [0.29, 0.717) is 29.3 Å². The van der Waals surface area contributed by atoms with Crippen LogP contribution in [0.2, 0.25) is 5.02 Å². The average molecular weight is 245 g/mol. The number of aliphatic hydroxyl groups is 1. The predicted molar refractivity (Wildman–Crippen MR) is 65.2 cm³/mol. The maximum Gasteiger partial charge on any atom is 0.126 e. The summed E-state index contributed by atoms with van der Waals surface area (Å²) in [6.07, 6.45) is 1.49. The third-order valence-electron chi connectivity index (χ3n) is 2.54. The van der Waals surface area contributed by atoms with E-state index >= 15 is 0 Å². The zero-order valence-electron chi connectivity index (χ0n) is 9.71. The van der Waals surface area contributed by atoms with Gasteiger partial charge in [0.25, 0.3) is 0 Å². The van der Waals surface area contributed by atoms with E-state index in [0.717, 1.165) is 6.42 Å². The number of rotatable bonds is 5. The van der Waals surface area contributed by atoms with Crippen molar-refractivity contribution in [1.29, 1.82) is 0 Å². The maximum atomic E-state index is 13.4. The van der Waals surface area contributed by atoms with Gasteiger partial charge in [0, 0.05) is 11.4 Å². The fraction of sp³-hybridized carbons (Fsp3) is 0.538. The first-order valence-electron chi connectivity index (χ1n) is 5.61. The van der Waals surface area contributed by atoms with Gasteiger partial charge in [-0.05, 0) is 42.5 Å². The van der Waals surface area contributed by atoms with Crippen LogP contribution >= 0.6 is 11.6 Å². The van der Waals surface area contributed by atoms with Crippen LogP contribution in [0.25, 0.3) is 0 Å². The number of halogens is 2. The zero-order chi connectivity index (χ0) is 12.1. The summed E-state index contributed by atoms with van der Waals surface area (Å²) >= 11 is 5.78. The quantitative estimate of drug-likeness (QED) is 0.835. The summed E-state index contributed by atoms with van der Waals surface area (Å²) in [6.45, 7) is 4.21. The second kappa shape index (κ2) is 6.21. The molecule has 0 aliphatic carbocycles. The Balaban J connectivity index is 2.55. The van der Waals surface area contributed by atoms with Crippen molar-refractivity contribution in [2.24, 2.45) is 5.92 Å². The van der Waals surface area contributed by atoms with Gasteiger partial charge in [0.2, 0.25) is 0 Å². The van der Waals surface area contributed by atoms with Gasteiger partial charge in [0.15, 0.2) is 0 Å². The van der Waals surface area contributed by atoms with Crippen LogP contribution in [-0.2, 0) is 6.42 Å². The van der Waals surface area contributed by atoms with E-state index in [1.807, 2.05) is 0 Å². The molecule has 16 heavy (non-hydrogen) atoms. The van der Waals surface area contributed by atoms with E-state index in [1.54, 1.807) is 6.07 Å². The summed E-state index contributed by atoms with van der Waals surface area (Å²) in [6, 6.07) is 4.43. The molecule has 1 aromatic rings. The average Bonchev–Trinajstić information content (AvgIpc) is 2.20. The molecule has 1 aromatic carbocycles. The van der Waals surface area contributed by atoms with Crippen LogP contribution in [0.5, 0.6) is 0 Å². The second-order valence-electron chi connectivity index (χ2n) is 4.56. The molecule has 0 heterocycles. The number of hydrogen-bond acceptors (Lipinski definition) is 1. The number of hydrogen-bond donors (Lipinski definition) is 1. The van der Waals surface area contributed by atoms with Gasteiger partial charge in [-0.1, -0.05) is 25.4 Å². The Hall–Kier alpha value is -0.600. The first kappa shape index (κ1) is 13.5. The molecule has 1 N–H and O–H groups in total. The van der Waals surface area contributed by atoms with Crippen molar-refractivity contribution in [1.82, 2.24) is 0 Å². The SMILES string of the molecule is CC(C)CCC(O)Cc1cc(Cl)ccc1F. The molecule has 0 aliphatic rings. The normalized spacial score (nSPS) is 13.1. The van der Waals surface area contributed by atoms with E-state index in [2.05, 4.69) is 13.8 Å². The summed E-state index contributed by atoms with van der Waals surface area (Å²) in [5, 5.41) is 10.3. The van der Waals surface area contributed by atoms with Crippen molar-refractivity contribution in [3.63, 3.8) is 0 Å².